The summed E-state index contributed by atoms with van der Waals surface area (Å²) < 4.78 is 39.3. The number of sulfonamides is 1. The van der Waals surface area contributed by atoms with E-state index in [9.17, 15) is 13.2 Å². The number of benzene rings is 3. The van der Waals surface area contributed by atoms with Crippen molar-refractivity contribution in [3.05, 3.63) is 83.9 Å². The molecule has 202 valence electrons. The maximum atomic E-state index is 13.7. The number of rotatable bonds is 11. The van der Waals surface area contributed by atoms with E-state index in [0.717, 1.165) is 35.1 Å². The van der Waals surface area contributed by atoms with Crippen LogP contribution in [0.5, 0.6) is 11.5 Å². The van der Waals surface area contributed by atoms with Crippen molar-refractivity contribution in [2.45, 2.75) is 37.2 Å². The molecule has 1 aliphatic rings. The molecule has 1 fully saturated rings. The summed E-state index contributed by atoms with van der Waals surface area (Å²) in [5.41, 5.74) is 2.40. The van der Waals surface area contributed by atoms with Gasteiger partial charge in [-0.05, 0) is 61.3 Å². The summed E-state index contributed by atoms with van der Waals surface area (Å²) in [5.74, 6) is 0.327. The van der Waals surface area contributed by atoms with Crippen LogP contribution in [0.2, 0.25) is 0 Å². The van der Waals surface area contributed by atoms with Gasteiger partial charge in [-0.15, -0.1) is 0 Å². The van der Waals surface area contributed by atoms with Crippen LogP contribution in [0.4, 0.5) is 5.69 Å². The third-order valence-corrected chi connectivity index (χ3v) is 8.48. The lowest BCUT2D eigenvalue weighted by Crippen LogP contribution is -2.41. The molecule has 1 aliphatic heterocycles. The Morgan fingerprint density at radius 3 is 2.26 bits per heavy atom. The second kappa shape index (κ2) is 12.8. The minimum Gasteiger partial charge on any atom is -0.497 e. The predicted molar refractivity (Wildman–Crippen MR) is 148 cm³/mol. The first-order valence-corrected chi connectivity index (χ1v) is 14.2. The van der Waals surface area contributed by atoms with Crippen molar-refractivity contribution < 1.29 is 22.7 Å². The third-order valence-electron chi connectivity index (χ3n) is 6.71. The standard InChI is InChI=1S/C29H35N3O5S/c1-36-25-15-16-28(37-2)27(19-25)32(38(34,35)26-13-5-3-6-14-26)22-29(33)30-20-23-11-7-8-12-24(23)21-31-17-9-4-10-18-31/h3,5-8,11-16,19H,4,9-10,17-18,20-22H2,1-2H3,(H,30,33). The molecule has 3 aromatic carbocycles. The highest BCUT2D eigenvalue weighted by Gasteiger charge is 2.30. The molecule has 9 heteroatoms. The van der Waals surface area contributed by atoms with Crippen molar-refractivity contribution in [3.8, 4) is 11.5 Å². The molecule has 1 amide bonds. The Kier molecular flexibility index (Phi) is 9.25. The first-order valence-electron chi connectivity index (χ1n) is 12.8. The van der Waals surface area contributed by atoms with E-state index in [1.807, 2.05) is 18.2 Å². The first-order chi connectivity index (χ1) is 18.4. The summed E-state index contributed by atoms with van der Waals surface area (Å²) >= 11 is 0. The summed E-state index contributed by atoms with van der Waals surface area (Å²) in [6, 6.07) is 20.9. The lowest BCUT2D eigenvalue weighted by Gasteiger charge is -2.27. The minimum absolute atomic E-state index is 0.0737. The summed E-state index contributed by atoms with van der Waals surface area (Å²) in [5, 5.41) is 2.93. The topological polar surface area (TPSA) is 88.2 Å². The molecule has 0 aromatic heterocycles. The van der Waals surface area contributed by atoms with Crippen LogP contribution in [0.25, 0.3) is 0 Å². The molecule has 0 unspecified atom stereocenters. The summed E-state index contributed by atoms with van der Waals surface area (Å²) in [6.07, 6.45) is 3.69. The number of carbonyl (C=O) groups is 1. The molecule has 1 N–H and O–H groups in total. The van der Waals surface area contributed by atoms with Gasteiger partial charge >= 0.3 is 0 Å². The number of nitrogens with zero attached hydrogens (tertiary/aromatic N) is 2. The molecule has 0 aliphatic carbocycles. The monoisotopic (exact) mass is 537 g/mol. The number of likely N-dealkylation sites (tertiary alicyclic amines) is 1. The molecular formula is C29H35N3O5S. The molecule has 8 nitrogen and oxygen atoms in total. The number of anilines is 1. The van der Waals surface area contributed by atoms with Crippen molar-refractivity contribution in [2.75, 3.05) is 38.2 Å². The van der Waals surface area contributed by atoms with Gasteiger partial charge in [-0.1, -0.05) is 48.9 Å². The number of methoxy groups -OCH3 is 2. The zero-order valence-electron chi connectivity index (χ0n) is 21.9. The molecule has 0 bridgehead atoms. The number of hydrogen-bond acceptors (Lipinski definition) is 6. The highest BCUT2D eigenvalue weighted by Crippen LogP contribution is 2.35. The number of carbonyl (C=O) groups excluding carboxylic acids is 1. The predicted octanol–water partition coefficient (Wildman–Crippen LogP) is 4.20. The second-order valence-corrected chi connectivity index (χ2v) is 11.1. The second-order valence-electron chi connectivity index (χ2n) is 9.24. The first kappa shape index (κ1) is 27.5. The van der Waals surface area contributed by atoms with Crippen LogP contribution in [0.15, 0.2) is 77.7 Å². The molecule has 4 rings (SSSR count). The zero-order valence-corrected chi connectivity index (χ0v) is 22.7. The Balaban J connectivity index is 1.57. The van der Waals surface area contributed by atoms with Crippen molar-refractivity contribution >= 4 is 21.6 Å². The van der Waals surface area contributed by atoms with Gasteiger partial charge in [0, 0.05) is 19.2 Å². The van der Waals surface area contributed by atoms with Crippen molar-refractivity contribution in [1.29, 1.82) is 0 Å². The van der Waals surface area contributed by atoms with E-state index in [0.29, 0.717) is 18.0 Å². The number of amides is 1. The van der Waals surface area contributed by atoms with Crippen molar-refractivity contribution in [2.24, 2.45) is 0 Å². The van der Waals surface area contributed by atoms with Crippen LogP contribution in [-0.4, -0.2) is 53.1 Å². The summed E-state index contributed by atoms with van der Waals surface area (Å²) in [6.45, 7) is 2.87. The Morgan fingerprint density at radius 1 is 0.895 bits per heavy atom. The lowest BCUT2D eigenvalue weighted by molar-refractivity contribution is -0.119. The highest BCUT2D eigenvalue weighted by atomic mass is 32.2. The smallest absolute Gasteiger partial charge is 0.264 e. The molecule has 0 radical (unpaired) electrons. The van der Waals surface area contributed by atoms with Crippen molar-refractivity contribution in [3.63, 3.8) is 0 Å². The van der Waals surface area contributed by atoms with E-state index in [1.54, 1.807) is 36.4 Å². The van der Waals surface area contributed by atoms with Crippen LogP contribution < -0.4 is 19.1 Å². The largest absolute Gasteiger partial charge is 0.497 e. The van der Waals surface area contributed by atoms with Gasteiger partial charge in [0.15, 0.2) is 0 Å². The molecule has 38 heavy (non-hydrogen) atoms. The van der Waals surface area contributed by atoms with E-state index >= 15 is 0 Å². The number of hydrogen-bond donors (Lipinski definition) is 1. The average molecular weight is 538 g/mol. The number of nitrogens with one attached hydrogen (secondary N) is 1. The van der Waals surface area contributed by atoms with Gasteiger partial charge in [-0.25, -0.2) is 8.42 Å². The fourth-order valence-electron chi connectivity index (χ4n) is 4.63. The third kappa shape index (κ3) is 6.65. The molecule has 1 heterocycles. The maximum Gasteiger partial charge on any atom is 0.264 e. The molecule has 1 saturated heterocycles. The van der Waals surface area contributed by atoms with E-state index < -0.39 is 22.5 Å². The highest BCUT2D eigenvalue weighted by molar-refractivity contribution is 7.92. The minimum atomic E-state index is -4.09. The van der Waals surface area contributed by atoms with Gasteiger partial charge in [0.1, 0.15) is 18.0 Å². The molecule has 0 saturated carbocycles. The Labute approximate surface area is 225 Å². The molecule has 0 atom stereocenters. The Hall–Kier alpha value is -3.56. The van der Waals surface area contributed by atoms with Crippen molar-refractivity contribution in [1.82, 2.24) is 10.2 Å². The van der Waals surface area contributed by atoms with Gasteiger partial charge in [-0.3, -0.25) is 14.0 Å². The fraction of sp³-hybridized carbons (Fsp3) is 0.345. The van der Waals surface area contributed by atoms with E-state index in [-0.39, 0.29) is 10.6 Å². The zero-order chi connectivity index (χ0) is 27.0. The Bertz CT molecular complexity index is 1330. The molecule has 3 aromatic rings. The summed E-state index contributed by atoms with van der Waals surface area (Å²) in [7, 11) is -1.13. The van der Waals surface area contributed by atoms with Gasteiger partial charge in [0.05, 0.1) is 24.8 Å². The quantitative estimate of drug-likeness (QED) is 0.395. The normalized spacial score (nSPS) is 14.1. The van der Waals surface area contributed by atoms with E-state index in [4.69, 9.17) is 9.47 Å². The van der Waals surface area contributed by atoms with Crippen LogP contribution in [-0.2, 0) is 27.9 Å². The molecule has 0 spiro atoms. The average Bonchev–Trinajstić information content (AvgIpc) is 2.96. The van der Waals surface area contributed by atoms with Gasteiger partial charge in [-0.2, -0.15) is 0 Å². The lowest BCUT2D eigenvalue weighted by atomic mass is 10.0. The maximum absolute atomic E-state index is 13.7. The van der Waals surface area contributed by atoms with Crippen LogP contribution in [0.3, 0.4) is 0 Å². The van der Waals surface area contributed by atoms with Crippen LogP contribution in [0, 0.1) is 0 Å². The molecular weight excluding hydrogens is 502 g/mol. The van der Waals surface area contributed by atoms with Gasteiger partial charge in [0.25, 0.3) is 10.0 Å². The van der Waals surface area contributed by atoms with Crippen LogP contribution in [0.1, 0.15) is 30.4 Å². The van der Waals surface area contributed by atoms with Crippen LogP contribution >= 0.6 is 0 Å². The van der Waals surface area contributed by atoms with Gasteiger partial charge in [0.2, 0.25) is 5.91 Å². The number of ether oxygens (including phenoxy) is 2. The summed E-state index contributed by atoms with van der Waals surface area (Å²) in [4.78, 5) is 15.7. The Morgan fingerprint density at radius 2 is 1.58 bits per heavy atom. The SMILES string of the molecule is COc1ccc(OC)c(N(CC(=O)NCc2ccccc2CN2CCCCC2)S(=O)(=O)c2ccccc2)c1. The van der Waals surface area contributed by atoms with E-state index in [2.05, 4.69) is 16.3 Å². The number of piperidine rings is 1. The fourth-order valence-corrected chi connectivity index (χ4v) is 6.08. The van der Waals surface area contributed by atoms with E-state index in [1.165, 1.54) is 45.6 Å². The van der Waals surface area contributed by atoms with Gasteiger partial charge < -0.3 is 14.8 Å².